The molecule has 2 aliphatic carbocycles. The Balaban J connectivity index is 0.945. The van der Waals surface area contributed by atoms with Gasteiger partial charge in [0.2, 0.25) is 29.5 Å². The summed E-state index contributed by atoms with van der Waals surface area (Å²) in [6.07, 6.45) is 10.0. The number of para-hydroxylation sites is 2. The molecule has 4 aliphatic rings. The lowest BCUT2D eigenvalue weighted by molar-refractivity contribution is -0.130. The quantitative estimate of drug-likeness (QED) is 0.0611. The predicted octanol–water partition coefficient (Wildman–Crippen LogP) is 6.70. The molecule has 0 radical (unpaired) electrons. The minimum Gasteiger partial charge on any atom is -0.347 e. The van der Waals surface area contributed by atoms with Gasteiger partial charge in [0.05, 0.1) is 24.2 Å². The average molecular weight is 950 g/mol. The van der Waals surface area contributed by atoms with Gasteiger partial charge in [-0.25, -0.2) is 0 Å². The molecule has 0 spiro atoms. The van der Waals surface area contributed by atoms with Gasteiger partial charge in [-0.2, -0.15) is 0 Å². The standard InChI is InChI=1S/C57H71N7O6/c1-36(58-3)53(66)61-46(56(69)63-48-31-15-11-21-41(48)33-50(63)52(65)35-40-25-17-23-38-19-9-13-26-43(38)40)28-7-5-6-8-29-47(62-54(67)37(2)59-4)57(70)64-49-32-16-12-22-42(49)34-51(64)55(68)60-45-30-18-24-39-20-10-14-27-44(39)45/h9-16,19-22,26-27,31-32,36-37,40,45-47,50-51,58-59H,5-8,17-18,23-25,28-30,33-35H2,1-4H3,(H,60,68)(H,61,66)(H,62,67)/t36-,37-,40-,45+,46-,47-,50-,51-/m0/s1. The second-order valence-corrected chi connectivity index (χ2v) is 19.9. The Bertz CT molecular complexity index is 2370. The second kappa shape index (κ2) is 23.2. The monoisotopic (exact) mass is 950 g/mol. The number of unbranched alkanes of at least 4 members (excludes halogenated alkanes) is 3. The molecule has 370 valence electrons. The van der Waals surface area contributed by atoms with Crippen molar-refractivity contribution in [3.05, 3.63) is 130 Å². The van der Waals surface area contributed by atoms with Crippen LogP contribution in [-0.2, 0) is 54.5 Å². The largest absolute Gasteiger partial charge is 0.347 e. The number of likely N-dealkylation sites (N-methyl/N-ethyl adjacent to an activating group) is 2. The first kappa shape index (κ1) is 50.2. The zero-order chi connectivity index (χ0) is 49.3. The molecule has 0 saturated heterocycles. The number of ketones is 1. The summed E-state index contributed by atoms with van der Waals surface area (Å²) in [4.78, 5) is 88.7. The van der Waals surface area contributed by atoms with Gasteiger partial charge in [0.1, 0.15) is 18.1 Å². The number of nitrogens with one attached hydrogen (secondary N) is 5. The molecule has 0 fully saturated rings. The lowest BCUT2D eigenvalue weighted by Crippen LogP contribution is -2.57. The Morgan fingerprint density at radius 3 is 1.57 bits per heavy atom. The van der Waals surface area contributed by atoms with Crippen molar-refractivity contribution in [3.63, 3.8) is 0 Å². The third-order valence-corrected chi connectivity index (χ3v) is 15.3. The van der Waals surface area contributed by atoms with E-state index in [9.17, 15) is 28.8 Å². The minimum atomic E-state index is -0.899. The van der Waals surface area contributed by atoms with Crippen LogP contribution >= 0.6 is 0 Å². The molecule has 2 aliphatic heterocycles. The Hall–Kier alpha value is -6.18. The number of hydrogen-bond donors (Lipinski definition) is 5. The number of rotatable bonds is 20. The van der Waals surface area contributed by atoms with Crippen molar-refractivity contribution in [1.29, 1.82) is 0 Å². The minimum absolute atomic E-state index is 0.0274. The Kier molecular flexibility index (Phi) is 16.6. The highest BCUT2D eigenvalue weighted by atomic mass is 16.2. The molecule has 4 aromatic carbocycles. The van der Waals surface area contributed by atoms with Crippen LogP contribution in [0.25, 0.3) is 0 Å². The number of hydrogen-bond acceptors (Lipinski definition) is 8. The van der Waals surface area contributed by atoms with Crippen molar-refractivity contribution < 1.29 is 28.8 Å². The number of Topliss-reactive ketones (excluding diaryl/α,β-unsaturated/α-hetero) is 1. The zero-order valence-corrected chi connectivity index (χ0v) is 41.3. The molecule has 0 aromatic heterocycles. The summed E-state index contributed by atoms with van der Waals surface area (Å²) in [5.74, 6) is -1.35. The van der Waals surface area contributed by atoms with E-state index in [1.165, 1.54) is 16.7 Å². The highest BCUT2D eigenvalue weighted by Crippen LogP contribution is 2.39. The van der Waals surface area contributed by atoms with E-state index in [1.54, 1.807) is 37.7 Å². The van der Waals surface area contributed by atoms with Gasteiger partial charge in [0.15, 0.2) is 5.78 Å². The normalized spacial score (nSPS) is 20.7. The van der Waals surface area contributed by atoms with Crippen LogP contribution in [-0.4, -0.2) is 85.7 Å². The van der Waals surface area contributed by atoms with Crippen molar-refractivity contribution in [1.82, 2.24) is 26.6 Å². The first-order chi connectivity index (χ1) is 34.0. The Morgan fingerprint density at radius 1 is 0.557 bits per heavy atom. The summed E-state index contributed by atoms with van der Waals surface area (Å²) in [5, 5.41) is 15.3. The van der Waals surface area contributed by atoms with Crippen LogP contribution in [0.1, 0.15) is 130 Å². The zero-order valence-electron chi connectivity index (χ0n) is 41.3. The molecule has 0 bridgehead atoms. The van der Waals surface area contributed by atoms with E-state index < -0.39 is 36.3 Å². The van der Waals surface area contributed by atoms with Crippen molar-refractivity contribution in [2.24, 2.45) is 0 Å². The topological polar surface area (TPSA) is 169 Å². The first-order valence-electron chi connectivity index (χ1n) is 25.7. The fourth-order valence-electron chi connectivity index (χ4n) is 11.2. The smallest absolute Gasteiger partial charge is 0.250 e. The first-order valence-corrected chi connectivity index (χ1v) is 25.7. The number of fused-ring (bicyclic) bond motifs is 4. The van der Waals surface area contributed by atoms with Gasteiger partial charge in [0, 0.05) is 30.6 Å². The van der Waals surface area contributed by atoms with Crippen LogP contribution in [0.15, 0.2) is 97.1 Å². The molecular weight excluding hydrogens is 879 g/mol. The van der Waals surface area contributed by atoms with Gasteiger partial charge in [-0.1, -0.05) is 111 Å². The number of anilines is 2. The molecule has 8 atom stereocenters. The van der Waals surface area contributed by atoms with E-state index in [0.29, 0.717) is 69.2 Å². The third kappa shape index (κ3) is 11.2. The van der Waals surface area contributed by atoms with Crippen molar-refractivity contribution in [2.75, 3.05) is 23.9 Å². The van der Waals surface area contributed by atoms with Crippen LogP contribution in [0.2, 0.25) is 0 Å². The molecule has 5 N–H and O–H groups in total. The molecule has 13 nitrogen and oxygen atoms in total. The molecule has 0 unspecified atom stereocenters. The third-order valence-electron chi connectivity index (χ3n) is 15.3. The number of amides is 5. The molecular formula is C57H71N7O6. The summed E-state index contributed by atoms with van der Waals surface area (Å²) < 4.78 is 0. The number of benzene rings is 4. The van der Waals surface area contributed by atoms with Crippen LogP contribution < -0.4 is 36.4 Å². The number of aryl methyl sites for hydroxylation is 2. The van der Waals surface area contributed by atoms with Gasteiger partial charge < -0.3 is 26.6 Å². The SMILES string of the molecule is CN[C@@H](C)C(=O)N[C@@H](CCCCCC[C@H](NC(=O)[C@H](C)NC)C(=O)N1c2ccccc2C[C@H]1C(=O)N[C@@H]1CCCc2ccccc21)C(=O)N1c2ccccc2C[C@H]1C(=O)C[C@@H]1CCCc2ccccc21. The molecule has 2 heterocycles. The number of carbonyl (C=O) groups is 6. The maximum atomic E-state index is 14.9. The molecule has 70 heavy (non-hydrogen) atoms. The van der Waals surface area contributed by atoms with Gasteiger partial charge in [-0.3, -0.25) is 38.6 Å². The van der Waals surface area contributed by atoms with E-state index in [4.69, 9.17) is 0 Å². The van der Waals surface area contributed by atoms with Crippen LogP contribution in [0.5, 0.6) is 0 Å². The molecule has 4 aromatic rings. The van der Waals surface area contributed by atoms with E-state index in [2.05, 4.69) is 50.8 Å². The van der Waals surface area contributed by atoms with Crippen molar-refractivity contribution in [3.8, 4) is 0 Å². The fourth-order valence-corrected chi connectivity index (χ4v) is 11.2. The molecule has 13 heteroatoms. The summed E-state index contributed by atoms with van der Waals surface area (Å²) in [7, 11) is 3.39. The fraction of sp³-hybridized carbons (Fsp3) is 0.474. The lowest BCUT2D eigenvalue weighted by atomic mass is 9.79. The van der Waals surface area contributed by atoms with Gasteiger partial charge in [0.25, 0.3) is 0 Å². The summed E-state index contributed by atoms with van der Waals surface area (Å²) >= 11 is 0. The highest BCUT2D eigenvalue weighted by Gasteiger charge is 2.44. The predicted molar refractivity (Wildman–Crippen MR) is 273 cm³/mol. The summed E-state index contributed by atoms with van der Waals surface area (Å²) in [5.41, 5.74) is 8.08. The van der Waals surface area contributed by atoms with E-state index in [0.717, 1.165) is 55.2 Å². The number of nitrogens with zero attached hydrogens (tertiary/aromatic N) is 2. The van der Waals surface area contributed by atoms with Gasteiger partial charge in [-0.15, -0.1) is 0 Å². The van der Waals surface area contributed by atoms with Gasteiger partial charge in [-0.05, 0) is 131 Å². The second-order valence-electron chi connectivity index (χ2n) is 19.9. The highest BCUT2D eigenvalue weighted by molar-refractivity contribution is 6.08. The molecule has 5 amide bonds. The Labute approximate surface area is 413 Å². The number of carbonyl (C=O) groups excluding carboxylic acids is 6. The van der Waals surface area contributed by atoms with E-state index in [-0.39, 0.29) is 47.3 Å². The Morgan fingerprint density at radius 2 is 1.01 bits per heavy atom. The molecule has 8 rings (SSSR count). The lowest BCUT2D eigenvalue weighted by Gasteiger charge is -2.32. The van der Waals surface area contributed by atoms with Crippen LogP contribution in [0, 0.1) is 0 Å². The van der Waals surface area contributed by atoms with E-state index in [1.807, 2.05) is 72.8 Å². The summed E-state index contributed by atoms with van der Waals surface area (Å²) in [6.45, 7) is 3.48. The van der Waals surface area contributed by atoms with Crippen molar-refractivity contribution >= 4 is 46.7 Å². The maximum Gasteiger partial charge on any atom is 0.250 e. The van der Waals surface area contributed by atoms with Gasteiger partial charge >= 0.3 is 0 Å². The van der Waals surface area contributed by atoms with Crippen LogP contribution in [0.3, 0.4) is 0 Å². The van der Waals surface area contributed by atoms with Crippen molar-refractivity contribution in [2.45, 2.75) is 158 Å². The maximum absolute atomic E-state index is 14.9. The summed E-state index contributed by atoms with van der Waals surface area (Å²) in [6, 6.07) is 27.4. The molecule has 0 saturated carbocycles. The van der Waals surface area contributed by atoms with E-state index >= 15 is 0 Å². The average Bonchev–Trinajstić information content (AvgIpc) is 3.98. The van der Waals surface area contributed by atoms with Crippen LogP contribution in [0.4, 0.5) is 11.4 Å².